The lowest BCUT2D eigenvalue weighted by Crippen LogP contribution is -2.55. The molecule has 0 saturated heterocycles. The van der Waals surface area contributed by atoms with Crippen LogP contribution in [-0.2, 0) is 4.74 Å². The molecule has 0 aromatic rings. The van der Waals surface area contributed by atoms with Crippen LogP contribution in [0.25, 0.3) is 0 Å². The van der Waals surface area contributed by atoms with Crippen LogP contribution in [0.1, 0.15) is 58.3 Å². The molecule has 106 valence electrons. The van der Waals surface area contributed by atoms with Crippen molar-refractivity contribution in [3.05, 3.63) is 0 Å². The fourth-order valence-electron chi connectivity index (χ4n) is 2.65. The van der Waals surface area contributed by atoms with Gasteiger partial charge in [-0.3, -0.25) is 0 Å². The van der Waals surface area contributed by atoms with Crippen molar-refractivity contribution in [1.29, 1.82) is 0 Å². The first-order valence-corrected chi connectivity index (χ1v) is 7.77. The quantitative estimate of drug-likeness (QED) is 0.557. The number of aliphatic hydroxyl groups excluding tert-OH is 1. The Balaban J connectivity index is 1.67. The van der Waals surface area contributed by atoms with Crippen molar-refractivity contribution in [2.75, 3.05) is 19.8 Å². The smallest absolute Gasteiger partial charge is 0.0681 e. The molecule has 1 unspecified atom stereocenters. The highest BCUT2D eigenvalue weighted by atomic mass is 16.5. The summed E-state index contributed by atoms with van der Waals surface area (Å²) in [6.45, 7) is 3.99. The van der Waals surface area contributed by atoms with E-state index in [-0.39, 0.29) is 12.1 Å². The van der Waals surface area contributed by atoms with Gasteiger partial charge in [0, 0.05) is 12.6 Å². The van der Waals surface area contributed by atoms with Gasteiger partial charge in [0.1, 0.15) is 0 Å². The van der Waals surface area contributed by atoms with Crippen LogP contribution >= 0.6 is 0 Å². The average molecular weight is 255 g/mol. The van der Waals surface area contributed by atoms with Crippen molar-refractivity contribution in [1.82, 2.24) is 5.32 Å². The van der Waals surface area contributed by atoms with Gasteiger partial charge in [-0.05, 0) is 38.0 Å². The SMILES string of the molecule is CCCCCCOCC(CO)(NC1CC1)C1CC1. The highest BCUT2D eigenvalue weighted by molar-refractivity contribution is 5.04. The molecule has 0 aromatic carbocycles. The van der Waals surface area contributed by atoms with Crippen molar-refractivity contribution < 1.29 is 9.84 Å². The normalized spacial score (nSPS) is 23.0. The minimum absolute atomic E-state index is 0.133. The van der Waals surface area contributed by atoms with E-state index in [4.69, 9.17) is 4.74 Å². The Morgan fingerprint density at radius 2 is 1.94 bits per heavy atom. The van der Waals surface area contributed by atoms with Crippen LogP contribution in [0.3, 0.4) is 0 Å². The number of ether oxygens (including phenoxy) is 1. The molecule has 1 atom stereocenters. The Kier molecular flexibility index (Phi) is 5.46. The third-order valence-corrected chi connectivity index (χ3v) is 4.21. The molecule has 2 fully saturated rings. The zero-order valence-electron chi connectivity index (χ0n) is 11.8. The molecule has 0 radical (unpaired) electrons. The number of hydrogen-bond donors (Lipinski definition) is 2. The Bertz CT molecular complexity index is 239. The van der Waals surface area contributed by atoms with Gasteiger partial charge in [0.05, 0.1) is 18.8 Å². The standard InChI is InChI=1S/C15H29NO2/c1-2-3-4-5-10-18-12-15(11-17,13-6-7-13)16-14-8-9-14/h13-14,16-17H,2-12H2,1H3. The van der Waals surface area contributed by atoms with Crippen molar-refractivity contribution in [2.24, 2.45) is 5.92 Å². The topological polar surface area (TPSA) is 41.5 Å². The summed E-state index contributed by atoms with van der Waals surface area (Å²) in [6, 6.07) is 0.640. The van der Waals surface area contributed by atoms with E-state index in [1.165, 1.54) is 44.9 Å². The van der Waals surface area contributed by atoms with Gasteiger partial charge in [0.15, 0.2) is 0 Å². The lowest BCUT2D eigenvalue weighted by molar-refractivity contribution is 0.0211. The predicted molar refractivity (Wildman–Crippen MR) is 73.7 cm³/mol. The summed E-state index contributed by atoms with van der Waals surface area (Å²) >= 11 is 0. The molecular weight excluding hydrogens is 226 g/mol. The summed E-state index contributed by atoms with van der Waals surface area (Å²) in [6.07, 6.45) is 10.0. The van der Waals surface area contributed by atoms with Gasteiger partial charge < -0.3 is 15.2 Å². The summed E-state index contributed by atoms with van der Waals surface area (Å²) in [5, 5.41) is 13.4. The third-order valence-electron chi connectivity index (χ3n) is 4.21. The van der Waals surface area contributed by atoms with Crippen LogP contribution in [0.2, 0.25) is 0 Å². The highest BCUT2D eigenvalue weighted by Crippen LogP contribution is 2.41. The third kappa shape index (κ3) is 4.22. The van der Waals surface area contributed by atoms with Gasteiger partial charge in [-0.15, -0.1) is 0 Å². The first-order chi connectivity index (χ1) is 8.80. The lowest BCUT2D eigenvalue weighted by atomic mass is 9.95. The summed E-state index contributed by atoms with van der Waals surface area (Å²) in [5.74, 6) is 0.638. The van der Waals surface area contributed by atoms with Gasteiger partial charge in [-0.1, -0.05) is 26.2 Å². The van der Waals surface area contributed by atoms with Crippen molar-refractivity contribution in [3.8, 4) is 0 Å². The number of hydrogen-bond acceptors (Lipinski definition) is 3. The van der Waals surface area contributed by atoms with Crippen LogP contribution < -0.4 is 5.32 Å². The van der Waals surface area contributed by atoms with Gasteiger partial charge in [0.2, 0.25) is 0 Å². The molecule has 18 heavy (non-hydrogen) atoms. The molecule has 3 heteroatoms. The molecule has 0 amide bonds. The van der Waals surface area contributed by atoms with E-state index in [0.29, 0.717) is 18.6 Å². The molecule has 2 N–H and O–H groups in total. The second kappa shape index (κ2) is 6.88. The molecule has 0 heterocycles. The minimum Gasteiger partial charge on any atom is -0.394 e. The summed E-state index contributed by atoms with van der Waals surface area (Å²) < 4.78 is 5.84. The molecule has 0 aliphatic heterocycles. The molecule has 2 rings (SSSR count). The molecule has 2 aliphatic carbocycles. The van der Waals surface area contributed by atoms with Crippen molar-refractivity contribution in [3.63, 3.8) is 0 Å². The Labute approximate surface area is 111 Å². The first kappa shape index (κ1) is 14.3. The summed E-state index contributed by atoms with van der Waals surface area (Å²) in [4.78, 5) is 0. The molecule has 0 spiro atoms. The van der Waals surface area contributed by atoms with E-state index in [1.54, 1.807) is 0 Å². The number of nitrogens with one attached hydrogen (secondary N) is 1. The van der Waals surface area contributed by atoms with Crippen molar-refractivity contribution >= 4 is 0 Å². The van der Waals surface area contributed by atoms with Crippen molar-refractivity contribution in [2.45, 2.75) is 69.9 Å². The molecule has 2 saturated carbocycles. The van der Waals surface area contributed by atoms with Crippen LogP contribution in [0, 0.1) is 5.92 Å². The number of rotatable bonds is 11. The lowest BCUT2D eigenvalue weighted by Gasteiger charge is -2.33. The zero-order chi connectivity index (χ0) is 12.8. The van der Waals surface area contributed by atoms with E-state index >= 15 is 0 Å². The van der Waals surface area contributed by atoms with Crippen LogP contribution in [0.4, 0.5) is 0 Å². The summed E-state index contributed by atoms with van der Waals surface area (Å²) in [5.41, 5.74) is -0.133. The van der Waals surface area contributed by atoms with Crippen LogP contribution in [0.15, 0.2) is 0 Å². The van der Waals surface area contributed by atoms with E-state index in [2.05, 4.69) is 12.2 Å². The fraction of sp³-hybridized carbons (Fsp3) is 1.00. The Hall–Kier alpha value is -0.120. The van der Waals surface area contributed by atoms with E-state index in [0.717, 1.165) is 13.0 Å². The van der Waals surface area contributed by atoms with E-state index in [9.17, 15) is 5.11 Å². The molecule has 3 nitrogen and oxygen atoms in total. The second-order valence-corrected chi connectivity index (χ2v) is 6.12. The van der Waals surface area contributed by atoms with Gasteiger partial charge in [0.25, 0.3) is 0 Å². The maximum Gasteiger partial charge on any atom is 0.0681 e. The monoisotopic (exact) mass is 255 g/mol. The highest BCUT2D eigenvalue weighted by Gasteiger charge is 2.47. The van der Waals surface area contributed by atoms with E-state index < -0.39 is 0 Å². The maximum absolute atomic E-state index is 9.76. The first-order valence-electron chi connectivity index (χ1n) is 7.77. The number of aliphatic hydroxyl groups is 1. The Morgan fingerprint density at radius 3 is 2.50 bits per heavy atom. The average Bonchev–Trinajstić information content (AvgIpc) is 3.25. The summed E-state index contributed by atoms with van der Waals surface area (Å²) in [7, 11) is 0. The second-order valence-electron chi connectivity index (χ2n) is 6.12. The zero-order valence-corrected chi connectivity index (χ0v) is 11.8. The maximum atomic E-state index is 9.76. The molecule has 0 aromatic heterocycles. The van der Waals surface area contributed by atoms with Gasteiger partial charge >= 0.3 is 0 Å². The van der Waals surface area contributed by atoms with E-state index in [1.807, 2.05) is 0 Å². The molecule has 2 aliphatic rings. The predicted octanol–water partition coefficient (Wildman–Crippen LogP) is 2.48. The minimum atomic E-state index is -0.133. The van der Waals surface area contributed by atoms with Gasteiger partial charge in [-0.2, -0.15) is 0 Å². The fourth-order valence-corrected chi connectivity index (χ4v) is 2.65. The van der Waals surface area contributed by atoms with Gasteiger partial charge in [-0.25, -0.2) is 0 Å². The largest absolute Gasteiger partial charge is 0.394 e. The number of unbranched alkanes of at least 4 members (excludes halogenated alkanes) is 3. The Morgan fingerprint density at radius 1 is 1.17 bits per heavy atom. The molecular formula is C15H29NO2. The molecule has 0 bridgehead atoms. The van der Waals surface area contributed by atoms with Crippen LogP contribution in [-0.4, -0.2) is 36.5 Å². The van der Waals surface area contributed by atoms with Crippen LogP contribution in [0.5, 0.6) is 0 Å².